The van der Waals surface area contributed by atoms with Crippen molar-refractivity contribution in [3.05, 3.63) is 181 Å². The van der Waals surface area contributed by atoms with Crippen LogP contribution in [0.1, 0.15) is 25.0 Å². The van der Waals surface area contributed by atoms with E-state index in [0.717, 1.165) is 0 Å². The van der Waals surface area contributed by atoms with Crippen molar-refractivity contribution >= 4 is 43.1 Å². The minimum atomic E-state index is -0.0734. The number of hydrogen-bond donors (Lipinski definition) is 0. The summed E-state index contributed by atoms with van der Waals surface area (Å²) >= 11 is 0. The lowest BCUT2D eigenvalue weighted by Gasteiger charge is -2.23. The molecule has 49 heavy (non-hydrogen) atoms. The third-order valence-electron chi connectivity index (χ3n) is 11.0. The second kappa shape index (κ2) is 10.5. The van der Waals surface area contributed by atoms with Gasteiger partial charge in [-0.25, -0.2) is 0 Å². The summed E-state index contributed by atoms with van der Waals surface area (Å²) in [6, 6.07) is 63.1. The number of fused-ring (bicyclic) bond motifs is 8. The van der Waals surface area contributed by atoms with Gasteiger partial charge in [-0.2, -0.15) is 0 Å². The molecule has 0 heteroatoms. The van der Waals surface area contributed by atoms with Crippen molar-refractivity contribution < 1.29 is 0 Å². The summed E-state index contributed by atoms with van der Waals surface area (Å²) in [6.45, 7) is 4.77. The molecular weight excluding hydrogens is 589 g/mol. The van der Waals surface area contributed by atoms with Gasteiger partial charge in [0.15, 0.2) is 0 Å². The molecule has 0 saturated carbocycles. The van der Waals surface area contributed by atoms with Crippen molar-refractivity contribution in [3.8, 4) is 44.5 Å². The minimum absolute atomic E-state index is 0.0734. The molecule has 0 fully saturated rings. The molecule has 0 nitrogen and oxygen atoms in total. The lowest BCUT2D eigenvalue weighted by molar-refractivity contribution is 0.666. The van der Waals surface area contributed by atoms with E-state index in [4.69, 9.17) is 0 Å². The summed E-state index contributed by atoms with van der Waals surface area (Å²) in [6.07, 6.45) is 0. The Morgan fingerprint density at radius 1 is 0.327 bits per heavy atom. The third-order valence-corrected chi connectivity index (χ3v) is 11.0. The zero-order chi connectivity index (χ0) is 32.7. The van der Waals surface area contributed by atoms with Gasteiger partial charge in [-0.05, 0) is 117 Å². The Morgan fingerprint density at radius 2 is 0.816 bits per heavy atom. The molecule has 0 heterocycles. The third kappa shape index (κ3) is 4.17. The van der Waals surface area contributed by atoms with Gasteiger partial charge in [0.2, 0.25) is 0 Å². The zero-order valence-corrected chi connectivity index (χ0v) is 27.7. The molecule has 9 aromatic carbocycles. The quantitative estimate of drug-likeness (QED) is 0.172. The first-order chi connectivity index (χ1) is 24.1. The van der Waals surface area contributed by atoms with E-state index in [2.05, 4.69) is 184 Å². The average Bonchev–Trinajstić information content (AvgIpc) is 3.39. The van der Waals surface area contributed by atoms with Crippen LogP contribution in [0.4, 0.5) is 0 Å². The van der Waals surface area contributed by atoms with Gasteiger partial charge >= 0.3 is 0 Å². The van der Waals surface area contributed by atoms with Crippen LogP contribution in [0.25, 0.3) is 87.6 Å². The molecule has 0 atom stereocenters. The second-order valence-electron chi connectivity index (χ2n) is 14.1. The van der Waals surface area contributed by atoms with Gasteiger partial charge in [0.1, 0.15) is 0 Å². The van der Waals surface area contributed by atoms with E-state index in [0.29, 0.717) is 0 Å². The second-order valence-corrected chi connectivity index (χ2v) is 14.1. The Morgan fingerprint density at radius 3 is 1.47 bits per heavy atom. The Balaban J connectivity index is 1.19. The van der Waals surface area contributed by atoms with E-state index in [1.54, 1.807) is 0 Å². The molecule has 0 bridgehead atoms. The first-order valence-electron chi connectivity index (χ1n) is 17.3. The molecule has 0 unspecified atom stereocenters. The van der Waals surface area contributed by atoms with Crippen molar-refractivity contribution in [2.75, 3.05) is 0 Å². The molecule has 230 valence electrons. The molecule has 1 aliphatic carbocycles. The van der Waals surface area contributed by atoms with Gasteiger partial charge in [-0.3, -0.25) is 0 Å². The van der Waals surface area contributed by atoms with E-state index < -0.39 is 0 Å². The van der Waals surface area contributed by atoms with Gasteiger partial charge in [0.05, 0.1) is 0 Å². The highest BCUT2D eigenvalue weighted by molar-refractivity contribution is 6.22. The number of benzene rings is 9. The van der Waals surface area contributed by atoms with Gasteiger partial charge in [-0.15, -0.1) is 0 Å². The van der Waals surface area contributed by atoms with Crippen molar-refractivity contribution in [3.63, 3.8) is 0 Å². The first-order valence-corrected chi connectivity index (χ1v) is 17.3. The molecule has 0 radical (unpaired) electrons. The van der Waals surface area contributed by atoms with Crippen molar-refractivity contribution in [1.29, 1.82) is 0 Å². The molecule has 0 aliphatic heterocycles. The van der Waals surface area contributed by atoms with Crippen LogP contribution < -0.4 is 0 Å². The van der Waals surface area contributed by atoms with E-state index in [1.807, 2.05) is 0 Å². The summed E-state index contributed by atoms with van der Waals surface area (Å²) < 4.78 is 0. The maximum atomic E-state index is 2.46. The highest BCUT2D eigenvalue weighted by atomic mass is 14.4. The zero-order valence-electron chi connectivity index (χ0n) is 27.7. The molecule has 0 saturated heterocycles. The molecule has 0 N–H and O–H groups in total. The molecule has 0 amide bonds. The van der Waals surface area contributed by atoms with Crippen LogP contribution in [0, 0.1) is 0 Å². The normalized spacial score (nSPS) is 13.3. The monoisotopic (exact) mass is 622 g/mol. The SMILES string of the molecule is CC1(C)c2ccc(-c3c4ccccc4c(-c4ccc5cc(-c6ccccc6)ccc5c4)c4ccccc34)cc2-c2ccc3ccccc3c21. The van der Waals surface area contributed by atoms with Gasteiger partial charge < -0.3 is 0 Å². The Labute approximate surface area is 286 Å². The van der Waals surface area contributed by atoms with Crippen molar-refractivity contribution in [1.82, 2.24) is 0 Å². The van der Waals surface area contributed by atoms with Gasteiger partial charge in [-0.1, -0.05) is 166 Å². The van der Waals surface area contributed by atoms with Crippen molar-refractivity contribution in [2.45, 2.75) is 19.3 Å². The fourth-order valence-corrected chi connectivity index (χ4v) is 8.73. The van der Waals surface area contributed by atoms with E-state index >= 15 is 0 Å². The molecule has 0 aromatic heterocycles. The molecule has 10 rings (SSSR count). The highest BCUT2D eigenvalue weighted by Gasteiger charge is 2.37. The summed E-state index contributed by atoms with van der Waals surface area (Å²) in [7, 11) is 0. The average molecular weight is 623 g/mol. The molecule has 1 aliphatic rings. The van der Waals surface area contributed by atoms with Crippen LogP contribution in [-0.4, -0.2) is 0 Å². The predicted molar refractivity (Wildman–Crippen MR) is 210 cm³/mol. The summed E-state index contributed by atoms with van der Waals surface area (Å²) in [4.78, 5) is 0. The van der Waals surface area contributed by atoms with Crippen LogP contribution in [-0.2, 0) is 5.41 Å². The predicted octanol–water partition coefficient (Wildman–Crippen LogP) is 13.6. The molecule has 9 aromatic rings. The lowest BCUT2D eigenvalue weighted by atomic mass is 9.80. The standard InChI is InChI=1S/C49H34/c1-49(2)45-27-25-37(30-44(45)43-26-24-32-14-6-7-15-38(32)48(43)49)47-41-18-10-8-16-39(41)46(40-17-9-11-19-42(40)47)36-23-22-34-28-33(20-21-35(34)29-36)31-12-4-3-5-13-31/h3-30H,1-2H3. The Bertz CT molecular complexity index is 2720. The first kappa shape index (κ1) is 28.1. The van der Waals surface area contributed by atoms with Gasteiger partial charge in [0, 0.05) is 5.41 Å². The van der Waals surface area contributed by atoms with E-state index in [-0.39, 0.29) is 5.41 Å². The van der Waals surface area contributed by atoms with Crippen LogP contribution in [0.15, 0.2) is 170 Å². The summed E-state index contributed by atoms with van der Waals surface area (Å²) in [5.74, 6) is 0. The van der Waals surface area contributed by atoms with Crippen LogP contribution in [0.3, 0.4) is 0 Å². The van der Waals surface area contributed by atoms with E-state index in [1.165, 1.54) is 98.7 Å². The fourth-order valence-electron chi connectivity index (χ4n) is 8.73. The summed E-state index contributed by atoms with van der Waals surface area (Å²) in [5, 5.41) is 10.3. The number of hydrogen-bond acceptors (Lipinski definition) is 0. The maximum Gasteiger partial charge on any atom is 0.0165 e. The van der Waals surface area contributed by atoms with Crippen LogP contribution in [0.5, 0.6) is 0 Å². The van der Waals surface area contributed by atoms with Gasteiger partial charge in [0.25, 0.3) is 0 Å². The Hall–Kier alpha value is -5.98. The minimum Gasteiger partial charge on any atom is -0.0622 e. The maximum absolute atomic E-state index is 2.46. The van der Waals surface area contributed by atoms with Crippen molar-refractivity contribution in [2.24, 2.45) is 0 Å². The highest BCUT2D eigenvalue weighted by Crippen LogP contribution is 2.53. The summed E-state index contributed by atoms with van der Waals surface area (Å²) in [5.41, 5.74) is 13.1. The van der Waals surface area contributed by atoms with Crippen LogP contribution in [0.2, 0.25) is 0 Å². The van der Waals surface area contributed by atoms with E-state index in [9.17, 15) is 0 Å². The molecule has 0 spiro atoms. The molecular formula is C49H34. The largest absolute Gasteiger partial charge is 0.0622 e. The topological polar surface area (TPSA) is 0 Å². The van der Waals surface area contributed by atoms with Crippen LogP contribution >= 0.6 is 0 Å². The fraction of sp³-hybridized carbons (Fsp3) is 0.0612. The number of rotatable bonds is 3. The smallest absolute Gasteiger partial charge is 0.0165 e. The Kier molecular flexibility index (Phi) is 6.02. The lowest BCUT2D eigenvalue weighted by Crippen LogP contribution is -2.15.